The molecule has 4 aromatic carbocycles. The molecule has 2 heteroatoms. The molecule has 1 heterocycles. The van der Waals surface area contributed by atoms with Crippen molar-refractivity contribution in [2.45, 2.75) is 95.7 Å². The van der Waals surface area contributed by atoms with E-state index in [9.17, 15) is 0 Å². The molecule has 0 spiro atoms. The lowest BCUT2D eigenvalue weighted by Gasteiger charge is -2.38. The molecule has 6 aliphatic carbocycles. The molecule has 1 fully saturated rings. The fourth-order valence-corrected chi connectivity index (χ4v) is 11.7. The van der Waals surface area contributed by atoms with Crippen molar-refractivity contribution in [2.24, 2.45) is 17.8 Å². The first kappa shape index (κ1) is 34.2. The van der Waals surface area contributed by atoms with Crippen molar-refractivity contribution >= 4 is 51.5 Å². The van der Waals surface area contributed by atoms with Crippen LogP contribution < -0.4 is 20.7 Å². The molecule has 1 N–H and O–H groups in total. The Morgan fingerprint density at radius 1 is 0.714 bits per heavy atom. The lowest BCUT2D eigenvalue weighted by molar-refractivity contribution is 0.235. The summed E-state index contributed by atoms with van der Waals surface area (Å²) in [6.07, 6.45) is 40.2. The second kappa shape index (κ2) is 14.1. The molecule has 11 rings (SSSR count). The molecular formula is C54H54N2. The van der Waals surface area contributed by atoms with Gasteiger partial charge in [0.1, 0.15) is 6.17 Å². The summed E-state index contributed by atoms with van der Waals surface area (Å²) < 4.78 is 0. The van der Waals surface area contributed by atoms with E-state index in [1.165, 1.54) is 98.4 Å². The molecule has 0 saturated heterocycles. The smallest absolute Gasteiger partial charge is 0.122 e. The predicted octanol–water partition coefficient (Wildman–Crippen LogP) is 12.0. The van der Waals surface area contributed by atoms with Gasteiger partial charge in [-0.25, -0.2) is 0 Å². The van der Waals surface area contributed by atoms with E-state index in [0.29, 0.717) is 17.9 Å². The van der Waals surface area contributed by atoms with E-state index in [4.69, 9.17) is 0 Å². The fraction of sp³-hybridized carbons (Fsp3) is 0.333. The van der Waals surface area contributed by atoms with Gasteiger partial charge in [-0.1, -0.05) is 122 Å². The number of rotatable bonds is 5. The monoisotopic (exact) mass is 730 g/mol. The van der Waals surface area contributed by atoms with Gasteiger partial charge in [0.15, 0.2) is 0 Å². The second-order valence-corrected chi connectivity index (χ2v) is 17.7. The molecule has 4 unspecified atom stereocenters. The Morgan fingerprint density at radius 2 is 1.57 bits per heavy atom. The maximum Gasteiger partial charge on any atom is 0.122 e. The van der Waals surface area contributed by atoms with E-state index in [-0.39, 0.29) is 6.17 Å². The number of fused-ring (bicyclic) bond motifs is 5. The van der Waals surface area contributed by atoms with Crippen molar-refractivity contribution < 1.29 is 0 Å². The van der Waals surface area contributed by atoms with Crippen molar-refractivity contribution in [2.75, 3.05) is 10.2 Å². The minimum Gasteiger partial charge on any atom is -0.360 e. The molecule has 280 valence electrons. The minimum absolute atomic E-state index is 0.161. The van der Waals surface area contributed by atoms with Crippen LogP contribution in [0.15, 0.2) is 121 Å². The first-order valence-electron chi connectivity index (χ1n) is 21.8. The molecule has 6 atom stereocenters. The number of benzene rings is 4. The van der Waals surface area contributed by atoms with Gasteiger partial charge in [0.2, 0.25) is 0 Å². The van der Waals surface area contributed by atoms with E-state index in [1.807, 2.05) is 0 Å². The maximum absolute atomic E-state index is 3.94. The van der Waals surface area contributed by atoms with Crippen LogP contribution in [0.4, 0.5) is 11.4 Å². The van der Waals surface area contributed by atoms with Gasteiger partial charge in [0.25, 0.3) is 0 Å². The molecule has 7 aliphatic rings. The first-order valence-corrected chi connectivity index (χ1v) is 21.8. The number of allylic oxidation sites excluding steroid dienone is 8. The number of hydrogen-bond donors (Lipinski definition) is 1. The highest BCUT2D eigenvalue weighted by molar-refractivity contribution is 6.02. The van der Waals surface area contributed by atoms with E-state index >= 15 is 0 Å². The number of nitrogens with zero attached hydrogens (tertiary/aromatic N) is 1. The molecular weight excluding hydrogens is 677 g/mol. The number of para-hydroxylation sites is 2. The predicted molar refractivity (Wildman–Crippen MR) is 239 cm³/mol. The van der Waals surface area contributed by atoms with Crippen molar-refractivity contribution in [1.29, 1.82) is 0 Å². The summed E-state index contributed by atoms with van der Waals surface area (Å²) in [5.74, 6) is 2.69. The van der Waals surface area contributed by atoms with Gasteiger partial charge >= 0.3 is 0 Å². The van der Waals surface area contributed by atoms with Crippen LogP contribution in [0.25, 0.3) is 40.1 Å². The van der Waals surface area contributed by atoms with Crippen LogP contribution >= 0.6 is 0 Å². The van der Waals surface area contributed by atoms with Crippen LogP contribution in [0, 0.1) is 17.8 Å². The second-order valence-electron chi connectivity index (χ2n) is 17.7. The molecule has 4 aromatic rings. The number of anilines is 2. The van der Waals surface area contributed by atoms with Crippen LogP contribution in [-0.2, 0) is 6.42 Å². The molecule has 0 aromatic heterocycles. The SMILES string of the molecule is C[C@@H]1C=CC=C[C@@H]1N1c2ccccc2NC1C1=CC=C(c2ccc3c(C4CCC5C=CCCC5C4)c4c(c(C5=Cc6ccccc6CC5)c3c2)=CCCC=4)CC1. The van der Waals surface area contributed by atoms with Gasteiger partial charge in [-0.2, -0.15) is 0 Å². The van der Waals surface area contributed by atoms with Gasteiger partial charge in [-0.3, -0.25) is 0 Å². The minimum atomic E-state index is 0.161. The summed E-state index contributed by atoms with van der Waals surface area (Å²) in [5.41, 5.74) is 14.5. The molecule has 0 bridgehead atoms. The first-order chi connectivity index (χ1) is 27.7. The lowest BCUT2D eigenvalue weighted by atomic mass is 9.67. The van der Waals surface area contributed by atoms with Gasteiger partial charge in [0, 0.05) is 0 Å². The van der Waals surface area contributed by atoms with Crippen molar-refractivity contribution in [3.05, 3.63) is 159 Å². The summed E-state index contributed by atoms with van der Waals surface area (Å²) in [6, 6.07) is 25.9. The lowest BCUT2D eigenvalue weighted by Crippen LogP contribution is -2.46. The Hall–Kier alpha value is -5.08. The Bertz CT molecular complexity index is 2550. The van der Waals surface area contributed by atoms with Crippen LogP contribution in [0.5, 0.6) is 0 Å². The third-order valence-corrected chi connectivity index (χ3v) is 14.5. The Balaban J connectivity index is 1.03. The largest absolute Gasteiger partial charge is 0.360 e. The fourth-order valence-electron chi connectivity index (χ4n) is 11.7. The van der Waals surface area contributed by atoms with Crippen LogP contribution in [0.1, 0.15) is 105 Å². The summed E-state index contributed by atoms with van der Waals surface area (Å²) >= 11 is 0. The molecule has 0 radical (unpaired) electrons. The topological polar surface area (TPSA) is 15.3 Å². The van der Waals surface area contributed by atoms with Crippen LogP contribution in [0.2, 0.25) is 0 Å². The maximum atomic E-state index is 3.94. The van der Waals surface area contributed by atoms with E-state index in [1.54, 1.807) is 10.8 Å². The summed E-state index contributed by atoms with van der Waals surface area (Å²) in [7, 11) is 0. The molecule has 1 aliphatic heterocycles. The number of aryl methyl sites for hydroxylation is 1. The van der Waals surface area contributed by atoms with Gasteiger partial charge in [-0.15, -0.1) is 0 Å². The Morgan fingerprint density at radius 3 is 2.48 bits per heavy atom. The summed E-state index contributed by atoms with van der Waals surface area (Å²) in [6.45, 7) is 2.35. The van der Waals surface area contributed by atoms with Crippen LogP contribution in [0.3, 0.4) is 0 Å². The molecule has 56 heavy (non-hydrogen) atoms. The van der Waals surface area contributed by atoms with Gasteiger partial charge in [0.05, 0.1) is 17.4 Å². The normalized spacial score (nSPS) is 27.4. The highest BCUT2D eigenvalue weighted by Crippen LogP contribution is 2.47. The molecule has 1 saturated carbocycles. The van der Waals surface area contributed by atoms with Crippen LogP contribution in [-0.4, -0.2) is 12.2 Å². The molecule has 0 amide bonds. The Kier molecular flexibility index (Phi) is 8.63. The summed E-state index contributed by atoms with van der Waals surface area (Å²) in [4.78, 5) is 2.64. The average molecular weight is 731 g/mol. The van der Waals surface area contributed by atoms with Gasteiger partial charge < -0.3 is 10.2 Å². The third kappa shape index (κ3) is 5.82. The standard InChI is InChI=1S/C54H54N2/c1-35-12-2-10-20-50(35)56-51-21-11-9-19-49(51)55-54(56)39-26-22-38(23-27-39)42-30-31-47-48(34-42)53(44-29-25-37-14-4-6-16-41(37)33-44)46-18-8-7-17-45(46)52(47)43-28-24-36-13-3-5-15-40(36)32-43/h2-4,6,9-14,16-22,26,30-31,33-36,40,43,50,54-55H,5,7-8,15,23-25,27-29,32H2,1H3/t35-,36?,40?,43?,50+,54?/m1/s1. The number of hydrogen-bond acceptors (Lipinski definition) is 2. The zero-order chi connectivity index (χ0) is 37.2. The highest BCUT2D eigenvalue weighted by atomic mass is 15.3. The summed E-state index contributed by atoms with van der Waals surface area (Å²) in [5, 5.41) is 10.0. The van der Waals surface area contributed by atoms with E-state index < -0.39 is 0 Å². The highest BCUT2D eigenvalue weighted by Gasteiger charge is 2.38. The number of nitrogens with one attached hydrogen (secondary N) is 1. The van der Waals surface area contributed by atoms with E-state index in [2.05, 4.69) is 151 Å². The average Bonchev–Trinajstić information content (AvgIpc) is 3.64. The van der Waals surface area contributed by atoms with Crippen molar-refractivity contribution in [3.63, 3.8) is 0 Å². The zero-order valence-corrected chi connectivity index (χ0v) is 32.9. The van der Waals surface area contributed by atoms with E-state index in [0.717, 1.165) is 50.4 Å². The quantitative estimate of drug-likeness (QED) is 0.206. The zero-order valence-electron chi connectivity index (χ0n) is 32.9. The molecule has 2 nitrogen and oxygen atoms in total. The van der Waals surface area contributed by atoms with Crippen molar-refractivity contribution in [1.82, 2.24) is 0 Å². The van der Waals surface area contributed by atoms with Gasteiger partial charge in [-0.05, 0) is 178 Å². The Labute approximate surface area is 333 Å². The third-order valence-electron chi connectivity index (χ3n) is 14.5. The van der Waals surface area contributed by atoms with Crippen molar-refractivity contribution in [3.8, 4) is 0 Å².